The molecule has 2 rings (SSSR count). The Hall–Kier alpha value is -0.660. The quantitative estimate of drug-likeness (QED) is 0.548. The summed E-state index contributed by atoms with van der Waals surface area (Å²) in [6.45, 7) is 0.378. The Bertz CT molecular complexity index is 396. The Morgan fingerprint density at radius 1 is 1.41 bits per heavy atom. The standard InChI is InChI=1S/C10H19N3O3S/c11-17(15,16)5-1-4-12-10(14)8-6-7-2-3-9(8)13-7/h7-9,13H,1-6H2,(H,12,14)(H2,11,15,16). The zero-order chi connectivity index (χ0) is 12.5. The molecular formula is C10H19N3O3S. The van der Waals surface area contributed by atoms with Crippen molar-refractivity contribution in [2.24, 2.45) is 11.1 Å². The van der Waals surface area contributed by atoms with Crippen LogP contribution in [-0.4, -0.2) is 38.7 Å². The van der Waals surface area contributed by atoms with E-state index in [0.29, 0.717) is 25.0 Å². The lowest BCUT2D eigenvalue weighted by Crippen LogP contribution is -2.38. The van der Waals surface area contributed by atoms with Crippen LogP contribution in [0.25, 0.3) is 0 Å². The molecule has 6 nitrogen and oxygen atoms in total. The van der Waals surface area contributed by atoms with E-state index in [1.807, 2.05) is 0 Å². The Labute approximate surface area is 101 Å². The molecule has 2 heterocycles. The van der Waals surface area contributed by atoms with Crippen LogP contribution in [0.5, 0.6) is 0 Å². The fourth-order valence-electron chi connectivity index (χ4n) is 2.73. The summed E-state index contributed by atoms with van der Waals surface area (Å²) >= 11 is 0. The predicted molar refractivity (Wildman–Crippen MR) is 63.7 cm³/mol. The molecule has 0 aromatic rings. The summed E-state index contributed by atoms with van der Waals surface area (Å²) in [5.74, 6) is 0.0183. The number of fused-ring (bicyclic) bond motifs is 2. The second-order valence-electron chi connectivity index (χ2n) is 4.90. The van der Waals surface area contributed by atoms with E-state index in [0.717, 1.165) is 12.8 Å². The van der Waals surface area contributed by atoms with Crippen LogP contribution < -0.4 is 15.8 Å². The molecule has 17 heavy (non-hydrogen) atoms. The molecule has 1 amide bonds. The molecule has 0 aliphatic carbocycles. The molecule has 7 heteroatoms. The van der Waals surface area contributed by atoms with Gasteiger partial charge in [0.25, 0.3) is 0 Å². The number of sulfonamides is 1. The zero-order valence-corrected chi connectivity index (χ0v) is 10.5. The molecular weight excluding hydrogens is 242 g/mol. The number of nitrogens with one attached hydrogen (secondary N) is 2. The molecule has 2 aliphatic rings. The van der Waals surface area contributed by atoms with Gasteiger partial charge in [-0.15, -0.1) is 0 Å². The van der Waals surface area contributed by atoms with Gasteiger partial charge in [0.05, 0.1) is 11.7 Å². The lowest BCUT2D eigenvalue weighted by molar-refractivity contribution is -0.125. The van der Waals surface area contributed by atoms with Crippen molar-refractivity contribution in [3.8, 4) is 0 Å². The fraction of sp³-hybridized carbons (Fsp3) is 0.900. The summed E-state index contributed by atoms with van der Waals surface area (Å²) in [5, 5.41) is 11.1. The molecule has 3 unspecified atom stereocenters. The van der Waals surface area contributed by atoms with E-state index in [1.165, 1.54) is 6.42 Å². The van der Waals surface area contributed by atoms with E-state index in [1.54, 1.807) is 0 Å². The molecule has 4 N–H and O–H groups in total. The van der Waals surface area contributed by atoms with Crippen LogP contribution >= 0.6 is 0 Å². The van der Waals surface area contributed by atoms with E-state index >= 15 is 0 Å². The topological polar surface area (TPSA) is 101 Å². The molecule has 0 radical (unpaired) electrons. The van der Waals surface area contributed by atoms with E-state index in [-0.39, 0.29) is 17.6 Å². The molecule has 98 valence electrons. The summed E-state index contributed by atoms with van der Waals surface area (Å²) in [7, 11) is -3.41. The van der Waals surface area contributed by atoms with Crippen molar-refractivity contribution in [1.29, 1.82) is 0 Å². The van der Waals surface area contributed by atoms with Crippen molar-refractivity contribution >= 4 is 15.9 Å². The molecule has 2 saturated heterocycles. The number of carbonyl (C=O) groups excluding carboxylic acids is 1. The average molecular weight is 261 g/mol. The van der Waals surface area contributed by atoms with Gasteiger partial charge in [0.1, 0.15) is 0 Å². The number of hydrogen-bond donors (Lipinski definition) is 3. The minimum Gasteiger partial charge on any atom is -0.356 e. The van der Waals surface area contributed by atoms with E-state index in [4.69, 9.17) is 5.14 Å². The second-order valence-corrected chi connectivity index (χ2v) is 6.64. The lowest BCUT2D eigenvalue weighted by atomic mass is 9.88. The van der Waals surface area contributed by atoms with Gasteiger partial charge >= 0.3 is 0 Å². The van der Waals surface area contributed by atoms with Crippen molar-refractivity contribution in [3.63, 3.8) is 0 Å². The van der Waals surface area contributed by atoms with Gasteiger partial charge in [0.2, 0.25) is 15.9 Å². The van der Waals surface area contributed by atoms with Crippen molar-refractivity contribution in [2.45, 2.75) is 37.8 Å². The van der Waals surface area contributed by atoms with Crippen LogP contribution in [0.4, 0.5) is 0 Å². The Morgan fingerprint density at radius 3 is 2.71 bits per heavy atom. The SMILES string of the molecule is NS(=O)(=O)CCCNC(=O)C1CC2CCC1N2. The monoisotopic (exact) mass is 261 g/mol. The van der Waals surface area contributed by atoms with E-state index in [9.17, 15) is 13.2 Å². The van der Waals surface area contributed by atoms with Gasteiger partial charge in [-0.1, -0.05) is 0 Å². The highest BCUT2D eigenvalue weighted by Crippen LogP contribution is 2.33. The number of amides is 1. The van der Waals surface area contributed by atoms with Crippen molar-refractivity contribution in [1.82, 2.24) is 10.6 Å². The van der Waals surface area contributed by atoms with Crippen LogP contribution in [0.15, 0.2) is 0 Å². The molecule has 0 saturated carbocycles. The van der Waals surface area contributed by atoms with Gasteiger partial charge in [-0.3, -0.25) is 4.79 Å². The van der Waals surface area contributed by atoms with Gasteiger partial charge in [-0.05, 0) is 25.7 Å². The van der Waals surface area contributed by atoms with Gasteiger partial charge in [0, 0.05) is 18.6 Å². The third-order valence-electron chi connectivity index (χ3n) is 3.54. The third kappa shape index (κ3) is 3.40. The summed E-state index contributed by atoms with van der Waals surface area (Å²) in [6, 6.07) is 0.818. The van der Waals surface area contributed by atoms with Crippen LogP contribution in [0.2, 0.25) is 0 Å². The summed E-state index contributed by atoms with van der Waals surface area (Å²) in [4.78, 5) is 11.8. The first-order valence-electron chi connectivity index (χ1n) is 6.00. The highest BCUT2D eigenvalue weighted by molar-refractivity contribution is 7.89. The normalized spacial score (nSPS) is 31.7. The van der Waals surface area contributed by atoms with E-state index < -0.39 is 10.0 Å². The van der Waals surface area contributed by atoms with Crippen LogP contribution in [0, 0.1) is 5.92 Å². The Kier molecular flexibility index (Phi) is 3.70. The molecule has 0 aromatic carbocycles. The minimum absolute atomic E-state index is 0.0409. The van der Waals surface area contributed by atoms with Crippen LogP contribution in [0.3, 0.4) is 0 Å². The van der Waals surface area contributed by atoms with Crippen molar-refractivity contribution in [2.75, 3.05) is 12.3 Å². The maximum Gasteiger partial charge on any atom is 0.224 e. The number of primary sulfonamides is 1. The smallest absolute Gasteiger partial charge is 0.224 e. The molecule has 3 atom stereocenters. The molecule has 2 fully saturated rings. The number of hydrogen-bond acceptors (Lipinski definition) is 4. The number of rotatable bonds is 5. The summed E-state index contributed by atoms with van der Waals surface area (Å²) in [6.07, 6.45) is 3.52. The predicted octanol–water partition coefficient (Wildman–Crippen LogP) is -1.08. The Morgan fingerprint density at radius 2 is 2.18 bits per heavy atom. The van der Waals surface area contributed by atoms with Crippen LogP contribution in [-0.2, 0) is 14.8 Å². The van der Waals surface area contributed by atoms with Crippen molar-refractivity contribution < 1.29 is 13.2 Å². The first kappa shape index (κ1) is 12.8. The molecule has 0 aromatic heterocycles. The average Bonchev–Trinajstić information content (AvgIpc) is 2.84. The van der Waals surface area contributed by atoms with Gasteiger partial charge in [0.15, 0.2) is 0 Å². The zero-order valence-electron chi connectivity index (χ0n) is 9.69. The fourth-order valence-corrected chi connectivity index (χ4v) is 3.28. The lowest BCUT2D eigenvalue weighted by Gasteiger charge is -2.19. The number of nitrogens with two attached hydrogens (primary N) is 1. The van der Waals surface area contributed by atoms with Gasteiger partial charge < -0.3 is 10.6 Å². The van der Waals surface area contributed by atoms with E-state index in [2.05, 4.69) is 10.6 Å². The maximum atomic E-state index is 11.8. The third-order valence-corrected chi connectivity index (χ3v) is 4.40. The highest BCUT2D eigenvalue weighted by atomic mass is 32.2. The molecule has 2 aliphatic heterocycles. The maximum absolute atomic E-state index is 11.8. The summed E-state index contributed by atoms with van der Waals surface area (Å²) in [5.41, 5.74) is 0. The second kappa shape index (κ2) is 4.91. The van der Waals surface area contributed by atoms with Gasteiger partial charge in [-0.2, -0.15) is 0 Å². The van der Waals surface area contributed by atoms with Gasteiger partial charge in [-0.25, -0.2) is 13.6 Å². The van der Waals surface area contributed by atoms with Crippen molar-refractivity contribution in [3.05, 3.63) is 0 Å². The minimum atomic E-state index is -3.41. The first-order valence-corrected chi connectivity index (χ1v) is 7.71. The Balaban J connectivity index is 1.68. The molecule has 0 spiro atoms. The highest BCUT2D eigenvalue weighted by Gasteiger charge is 2.42. The first-order chi connectivity index (χ1) is 7.96. The number of carbonyl (C=O) groups is 1. The summed E-state index contributed by atoms with van der Waals surface area (Å²) < 4.78 is 21.4. The molecule has 2 bridgehead atoms. The largest absolute Gasteiger partial charge is 0.356 e. The van der Waals surface area contributed by atoms with Crippen LogP contribution in [0.1, 0.15) is 25.7 Å².